The molecule has 74 valence electrons. The molecule has 0 aliphatic carbocycles. The summed E-state index contributed by atoms with van der Waals surface area (Å²) < 4.78 is 0. The molecule has 0 radical (unpaired) electrons. The predicted octanol–water partition coefficient (Wildman–Crippen LogP) is 3.90. The molecule has 3 heteroatoms. The van der Waals surface area contributed by atoms with Crippen molar-refractivity contribution in [1.82, 2.24) is 4.98 Å². The molecule has 0 fully saturated rings. The summed E-state index contributed by atoms with van der Waals surface area (Å²) in [5, 5.41) is 2.47. The van der Waals surface area contributed by atoms with Gasteiger partial charge < -0.3 is 4.98 Å². The van der Waals surface area contributed by atoms with Crippen molar-refractivity contribution in [2.45, 2.75) is 9.79 Å². The van der Waals surface area contributed by atoms with Crippen LogP contribution in [0.4, 0.5) is 0 Å². The van der Waals surface area contributed by atoms with E-state index in [1.54, 1.807) is 0 Å². The molecule has 0 unspecified atom stereocenters. The van der Waals surface area contributed by atoms with Crippen molar-refractivity contribution in [3.63, 3.8) is 0 Å². The Balaban J connectivity index is 2.51. The molecule has 0 bridgehead atoms. The summed E-state index contributed by atoms with van der Waals surface area (Å²) in [7, 11) is 0. The number of rotatable bonds is 0. The fourth-order valence-electron chi connectivity index (χ4n) is 1.89. The lowest BCUT2D eigenvalue weighted by molar-refractivity contribution is 1.45. The van der Waals surface area contributed by atoms with Gasteiger partial charge in [-0.3, -0.25) is 0 Å². The number of H-pyrrole nitrogens is 1. The SMILES string of the molecule is Sc1ccc2c(c1)[nH]c1cc(S)ccc12. The van der Waals surface area contributed by atoms with Gasteiger partial charge in [-0.1, -0.05) is 12.1 Å². The molecule has 0 atom stereocenters. The highest BCUT2D eigenvalue weighted by Crippen LogP contribution is 2.28. The van der Waals surface area contributed by atoms with Crippen LogP contribution in [0.15, 0.2) is 46.2 Å². The van der Waals surface area contributed by atoms with Crippen molar-refractivity contribution in [2.75, 3.05) is 0 Å². The van der Waals surface area contributed by atoms with E-state index in [1.807, 2.05) is 24.3 Å². The standard InChI is InChI=1S/C12H9NS2/c14-7-1-3-9-10-4-2-8(15)6-12(10)13-11(9)5-7/h1-6,13-15H. The highest BCUT2D eigenvalue weighted by molar-refractivity contribution is 7.80. The molecule has 1 N–H and O–H groups in total. The zero-order chi connectivity index (χ0) is 10.4. The van der Waals surface area contributed by atoms with Crippen LogP contribution >= 0.6 is 25.3 Å². The maximum atomic E-state index is 4.33. The van der Waals surface area contributed by atoms with Gasteiger partial charge in [0.25, 0.3) is 0 Å². The Morgan fingerprint density at radius 1 is 0.733 bits per heavy atom. The van der Waals surface area contributed by atoms with Crippen molar-refractivity contribution >= 4 is 47.1 Å². The molecule has 0 aliphatic rings. The first kappa shape index (κ1) is 9.19. The van der Waals surface area contributed by atoms with Crippen molar-refractivity contribution < 1.29 is 0 Å². The monoisotopic (exact) mass is 231 g/mol. The molecule has 0 saturated carbocycles. The average Bonchev–Trinajstić information content (AvgIpc) is 2.53. The minimum absolute atomic E-state index is 0.972. The molecule has 1 heterocycles. The van der Waals surface area contributed by atoms with E-state index >= 15 is 0 Å². The summed E-state index contributed by atoms with van der Waals surface area (Å²) in [5.74, 6) is 0. The molecular formula is C12H9NS2. The van der Waals surface area contributed by atoms with E-state index < -0.39 is 0 Å². The number of hydrogen-bond donors (Lipinski definition) is 3. The van der Waals surface area contributed by atoms with Crippen molar-refractivity contribution in [3.8, 4) is 0 Å². The maximum Gasteiger partial charge on any atom is 0.0476 e. The van der Waals surface area contributed by atoms with Crippen molar-refractivity contribution in [1.29, 1.82) is 0 Å². The molecule has 15 heavy (non-hydrogen) atoms. The van der Waals surface area contributed by atoms with Crippen LogP contribution in [-0.2, 0) is 0 Å². The summed E-state index contributed by atoms with van der Waals surface area (Å²) in [5.41, 5.74) is 2.24. The molecule has 3 rings (SSSR count). The number of aromatic nitrogens is 1. The van der Waals surface area contributed by atoms with Gasteiger partial charge in [-0.25, -0.2) is 0 Å². The maximum absolute atomic E-state index is 4.33. The Labute approximate surface area is 98.3 Å². The molecule has 2 aromatic carbocycles. The summed E-state index contributed by atoms with van der Waals surface area (Å²) >= 11 is 8.65. The third-order valence-corrected chi connectivity index (χ3v) is 3.12. The van der Waals surface area contributed by atoms with E-state index in [-0.39, 0.29) is 0 Å². The van der Waals surface area contributed by atoms with Crippen LogP contribution in [0.25, 0.3) is 21.8 Å². The van der Waals surface area contributed by atoms with E-state index in [0.717, 1.165) is 20.8 Å². The van der Waals surface area contributed by atoms with Gasteiger partial charge in [-0.15, -0.1) is 25.3 Å². The number of benzene rings is 2. The Bertz CT molecular complexity index is 599. The van der Waals surface area contributed by atoms with Gasteiger partial charge >= 0.3 is 0 Å². The van der Waals surface area contributed by atoms with Crippen molar-refractivity contribution in [3.05, 3.63) is 36.4 Å². The normalized spacial score (nSPS) is 11.3. The van der Waals surface area contributed by atoms with Gasteiger partial charge in [0.2, 0.25) is 0 Å². The second-order valence-electron chi connectivity index (χ2n) is 3.58. The smallest absolute Gasteiger partial charge is 0.0476 e. The van der Waals surface area contributed by atoms with Crippen LogP contribution in [0.3, 0.4) is 0 Å². The van der Waals surface area contributed by atoms with E-state index in [2.05, 4.69) is 42.4 Å². The lowest BCUT2D eigenvalue weighted by Gasteiger charge is -1.92. The van der Waals surface area contributed by atoms with E-state index in [4.69, 9.17) is 0 Å². The van der Waals surface area contributed by atoms with Gasteiger partial charge in [0.1, 0.15) is 0 Å². The molecule has 0 aliphatic heterocycles. The van der Waals surface area contributed by atoms with Crippen LogP contribution in [0.1, 0.15) is 0 Å². The van der Waals surface area contributed by atoms with Crippen molar-refractivity contribution in [2.24, 2.45) is 0 Å². The molecule has 1 nitrogen and oxygen atoms in total. The van der Waals surface area contributed by atoms with Crippen LogP contribution < -0.4 is 0 Å². The lowest BCUT2D eigenvalue weighted by atomic mass is 10.1. The first-order chi connectivity index (χ1) is 7.24. The van der Waals surface area contributed by atoms with Crippen LogP contribution in [0, 0.1) is 0 Å². The van der Waals surface area contributed by atoms with Crippen LogP contribution in [-0.4, -0.2) is 4.98 Å². The third-order valence-electron chi connectivity index (χ3n) is 2.57. The highest BCUT2D eigenvalue weighted by Gasteiger charge is 2.03. The topological polar surface area (TPSA) is 15.8 Å². The van der Waals surface area contributed by atoms with Gasteiger partial charge in [0, 0.05) is 31.6 Å². The zero-order valence-electron chi connectivity index (χ0n) is 7.86. The number of fused-ring (bicyclic) bond motifs is 3. The predicted molar refractivity (Wildman–Crippen MR) is 70.3 cm³/mol. The number of nitrogens with one attached hydrogen (secondary N) is 1. The number of aromatic amines is 1. The number of hydrogen-bond acceptors (Lipinski definition) is 2. The summed E-state index contributed by atoms with van der Waals surface area (Å²) in [4.78, 5) is 5.31. The summed E-state index contributed by atoms with van der Waals surface area (Å²) in [6, 6.07) is 12.3. The third kappa shape index (κ3) is 1.43. The number of thiol groups is 2. The van der Waals surface area contributed by atoms with Gasteiger partial charge in [0.15, 0.2) is 0 Å². The average molecular weight is 231 g/mol. The molecule has 1 aromatic heterocycles. The Kier molecular flexibility index (Phi) is 1.97. The van der Waals surface area contributed by atoms with Gasteiger partial charge in [-0.2, -0.15) is 0 Å². The molecule has 0 spiro atoms. The largest absolute Gasteiger partial charge is 0.354 e. The fraction of sp³-hybridized carbons (Fsp3) is 0. The Morgan fingerprint density at radius 3 is 1.67 bits per heavy atom. The van der Waals surface area contributed by atoms with E-state index in [9.17, 15) is 0 Å². The second-order valence-corrected chi connectivity index (χ2v) is 4.62. The highest BCUT2D eigenvalue weighted by atomic mass is 32.1. The van der Waals surface area contributed by atoms with Crippen LogP contribution in [0.5, 0.6) is 0 Å². The second kappa shape index (κ2) is 3.22. The van der Waals surface area contributed by atoms with Gasteiger partial charge in [-0.05, 0) is 24.3 Å². The first-order valence-corrected chi connectivity index (χ1v) is 5.57. The van der Waals surface area contributed by atoms with Gasteiger partial charge in [0.05, 0.1) is 0 Å². The first-order valence-electron chi connectivity index (χ1n) is 4.67. The van der Waals surface area contributed by atoms with E-state index in [0.29, 0.717) is 0 Å². The molecule has 0 saturated heterocycles. The Hall–Kier alpha value is -1.06. The molecule has 0 amide bonds. The summed E-state index contributed by atoms with van der Waals surface area (Å²) in [6.45, 7) is 0. The zero-order valence-corrected chi connectivity index (χ0v) is 9.65. The summed E-state index contributed by atoms with van der Waals surface area (Å²) in [6.07, 6.45) is 0. The Morgan fingerprint density at radius 2 is 1.20 bits per heavy atom. The fourth-order valence-corrected chi connectivity index (χ4v) is 2.29. The molecular weight excluding hydrogens is 222 g/mol. The van der Waals surface area contributed by atoms with Crippen LogP contribution in [0.2, 0.25) is 0 Å². The molecule has 3 aromatic rings. The quantitative estimate of drug-likeness (QED) is 0.487. The minimum atomic E-state index is 0.972. The minimum Gasteiger partial charge on any atom is -0.354 e. The lowest BCUT2D eigenvalue weighted by Crippen LogP contribution is -1.67. The van der Waals surface area contributed by atoms with E-state index in [1.165, 1.54) is 10.8 Å².